The molecule has 0 fully saturated rings. The number of nitrogens with one attached hydrogen (secondary N) is 1. The van der Waals surface area contributed by atoms with E-state index in [0.717, 1.165) is 6.07 Å². The van der Waals surface area contributed by atoms with E-state index in [9.17, 15) is 13.6 Å². The molecular formula is C9H4BrF2NO2. The van der Waals surface area contributed by atoms with Crippen LogP contribution in [0.4, 0.5) is 8.78 Å². The van der Waals surface area contributed by atoms with E-state index in [1.807, 2.05) is 0 Å². The summed E-state index contributed by atoms with van der Waals surface area (Å²) >= 11 is 2.85. The van der Waals surface area contributed by atoms with Gasteiger partial charge in [0.25, 0.3) is 0 Å². The number of aromatic nitrogens is 1. The Hall–Kier alpha value is -1.43. The van der Waals surface area contributed by atoms with Gasteiger partial charge in [-0.15, -0.1) is 0 Å². The van der Waals surface area contributed by atoms with Gasteiger partial charge in [0.2, 0.25) is 0 Å². The van der Waals surface area contributed by atoms with E-state index < -0.39 is 17.6 Å². The summed E-state index contributed by atoms with van der Waals surface area (Å²) in [7, 11) is 0. The molecule has 78 valence electrons. The Morgan fingerprint density at radius 1 is 1.40 bits per heavy atom. The molecule has 3 nitrogen and oxygen atoms in total. The molecule has 0 unspecified atom stereocenters. The predicted octanol–water partition coefficient (Wildman–Crippen LogP) is 2.91. The minimum absolute atomic E-state index is 0.106. The average molecular weight is 276 g/mol. The fourth-order valence-corrected chi connectivity index (χ4v) is 1.81. The van der Waals surface area contributed by atoms with Gasteiger partial charge in [-0.2, -0.15) is 0 Å². The molecule has 0 saturated carbocycles. The van der Waals surface area contributed by atoms with Gasteiger partial charge in [-0.05, 0) is 28.1 Å². The normalized spacial score (nSPS) is 10.9. The van der Waals surface area contributed by atoms with Crippen LogP contribution >= 0.6 is 15.9 Å². The number of hydrogen-bond acceptors (Lipinski definition) is 1. The Balaban J connectivity index is 2.82. The van der Waals surface area contributed by atoms with Crippen molar-refractivity contribution in [1.82, 2.24) is 4.98 Å². The number of hydrogen-bond donors (Lipinski definition) is 2. The number of halogens is 3. The van der Waals surface area contributed by atoms with Gasteiger partial charge in [-0.1, -0.05) is 0 Å². The molecule has 15 heavy (non-hydrogen) atoms. The van der Waals surface area contributed by atoms with E-state index in [4.69, 9.17) is 5.11 Å². The summed E-state index contributed by atoms with van der Waals surface area (Å²) in [5.74, 6) is -3.24. The second kappa shape index (κ2) is 3.30. The van der Waals surface area contributed by atoms with E-state index in [1.165, 1.54) is 6.07 Å². The molecule has 1 aromatic heterocycles. The number of carboxylic acid groups (broad SMARTS) is 1. The fourth-order valence-electron chi connectivity index (χ4n) is 1.30. The number of fused-ring (bicyclic) bond motifs is 1. The quantitative estimate of drug-likeness (QED) is 0.787. The SMILES string of the molecule is O=C(O)c1cc2cc(F)c(F)c(Br)c2[nH]1. The highest BCUT2D eigenvalue weighted by Crippen LogP contribution is 2.28. The van der Waals surface area contributed by atoms with Gasteiger partial charge in [-0.25, -0.2) is 13.6 Å². The van der Waals surface area contributed by atoms with Crippen molar-refractivity contribution in [1.29, 1.82) is 0 Å². The van der Waals surface area contributed by atoms with E-state index in [0.29, 0.717) is 5.39 Å². The summed E-state index contributed by atoms with van der Waals surface area (Å²) in [5, 5.41) is 8.99. The first-order valence-corrected chi connectivity index (χ1v) is 4.69. The standard InChI is InChI=1S/C9H4BrF2NO2/c10-6-7(12)4(11)1-3-2-5(9(14)15)13-8(3)6/h1-2,13H,(H,14,15). The zero-order chi connectivity index (χ0) is 11.2. The van der Waals surface area contributed by atoms with Gasteiger partial charge in [-0.3, -0.25) is 0 Å². The average Bonchev–Trinajstić information content (AvgIpc) is 2.58. The summed E-state index contributed by atoms with van der Waals surface area (Å²) in [4.78, 5) is 13.1. The first-order valence-electron chi connectivity index (χ1n) is 3.90. The van der Waals surface area contributed by atoms with Crippen LogP contribution in [0.25, 0.3) is 10.9 Å². The molecular weight excluding hydrogens is 272 g/mol. The third-order valence-electron chi connectivity index (χ3n) is 1.98. The maximum Gasteiger partial charge on any atom is 0.352 e. The molecule has 0 aliphatic carbocycles. The van der Waals surface area contributed by atoms with Crippen LogP contribution in [0, 0.1) is 11.6 Å². The summed E-state index contributed by atoms with van der Waals surface area (Å²) in [6.07, 6.45) is 0. The van der Waals surface area contributed by atoms with Crippen LogP contribution < -0.4 is 0 Å². The van der Waals surface area contributed by atoms with Crippen LogP contribution in [0.3, 0.4) is 0 Å². The van der Waals surface area contributed by atoms with Gasteiger partial charge < -0.3 is 10.1 Å². The van der Waals surface area contributed by atoms with Gasteiger partial charge in [0.1, 0.15) is 5.69 Å². The van der Waals surface area contributed by atoms with Crippen LogP contribution in [0.15, 0.2) is 16.6 Å². The highest BCUT2D eigenvalue weighted by Gasteiger charge is 2.15. The van der Waals surface area contributed by atoms with Crippen molar-refractivity contribution in [2.75, 3.05) is 0 Å². The van der Waals surface area contributed by atoms with Crippen LogP contribution in [-0.2, 0) is 0 Å². The summed E-state index contributed by atoms with van der Waals surface area (Å²) in [6.45, 7) is 0. The molecule has 2 aromatic rings. The van der Waals surface area contributed by atoms with E-state index in [1.54, 1.807) is 0 Å². The summed E-state index contributed by atoms with van der Waals surface area (Å²) in [5.41, 5.74) is 0.113. The Labute approximate surface area is 90.8 Å². The zero-order valence-electron chi connectivity index (χ0n) is 7.14. The molecule has 0 bridgehead atoms. The largest absolute Gasteiger partial charge is 0.477 e. The van der Waals surface area contributed by atoms with Crippen molar-refractivity contribution in [3.63, 3.8) is 0 Å². The van der Waals surface area contributed by atoms with Crippen molar-refractivity contribution in [3.8, 4) is 0 Å². The van der Waals surface area contributed by atoms with E-state index >= 15 is 0 Å². The Morgan fingerprint density at radius 2 is 2.07 bits per heavy atom. The maximum absolute atomic E-state index is 13.1. The third-order valence-corrected chi connectivity index (χ3v) is 2.73. The fraction of sp³-hybridized carbons (Fsp3) is 0. The molecule has 2 rings (SSSR count). The molecule has 0 atom stereocenters. The number of aromatic carboxylic acids is 1. The van der Waals surface area contributed by atoms with E-state index in [-0.39, 0.29) is 15.7 Å². The smallest absolute Gasteiger partial charge is 0.352 e. The second-order valence-corrected chi connectivity index (χ2v) is 3.73. The van der Waals surface area contributed by atoms with Crippen LogP contribution in [-0.4, -0.2) is 16.1 Å². The molecule has 0 saturated heterocycles. The number of carboxylic acids is 1. The molecule has 1 aromatic carbocycles. The Morgan fingerprint density at radius 3 is 2.67 bits per heavy atom. The number of carbonyl (C=O) groups is 1. The maximum atomic E-state index is 13.1. The van der Waals surface area contributed by atoms with Crippen molar-refractivity contribution in [3.05, 3.63) is 33.9 Å². The van der Waals surface area contributed by atoms with Crippen LogP contribution in [0.2, 0.25) is 0 Å². The molecule has 0 radical (unpaired) electrons. The van der Waals surface area contributed by atoms with E-state index in [2.05, 4.69) is 20.9 Å². The minimum atomic E-state index is -1.18. The minimum Gasteiger partial charge on any atom is -0.477 e. The van der Waals surface area contributed by atoms with Gasteiger partial charge >= 0.3 is 5.97 Å². The number of aromatic amines is 1. The van der Waals surface area contributed by atoms with Crippen LogP contribution in [0.5, 0.6) is 0 Å². The third kappa shape index (κ3) is 1.50. The predicted molar refractivity (Wildman–Crippen MR) is 52.9 cm³/mol. The zero-order valence-corrected chi connectivity index (χ0v) is 8.73. The molecule has 1 heterocycles. The molecule has 6 heteroatoms. The van der Waals surface area contributed by atoms with Crippen LogP contribution in [0.1, 0.15) is 10.5 Å². The molecule has 0 aliphatic heterocycles. The summed E-state index contributed by atoms with van der Waals surface area (Å²) in [6, 6.07) is 2.18. The van der Waals surface area contributed by atoms with Crippen molar-refractivity contribution >= 4 is 32.8 Å². The van der Waals surface area contributed by atoms with Gasteiger partial charge in [0, 0.05) is 5.39 Å². The monoisotopic (exact) mass is 275 g/mol. The highest BCUT2D eigenvalue weighted by molar-refractivity contribution is 9.10. The van der Waals surface area contributed by atoms with Gasteiger partial charge in [0.05, 0.1) is 9.99 Å². The lowest BCUT2D eigenvalue weighted by Gasteiger charge is -1.97. The van der Waals surface area contributed by atoms with Crippen molar-refractivity contribution in [2.45, 2.75) is 0 Å². The highest BCUT2D eigenvalue weighted by atomic mass is 79.9. The topological polar surface area (TPSA) is 53.1 Å². The molecule has 0 aliphatic rings. The molecule has 2 N–H and O–H groups in total. The first-order chi connectivity index (χ1) is 7.00. The first kappa shape index (κ1) is 10.1. The lowest BCUT2D eigenvalue weighted by molar-refractivity contribution is 0.0691. The summed E-state index contributed by atoms with van der Waals surface area (Å²) < 4.78 is 25.9. The lowest BCUT2D eigenvalue weighted by Crippen LogP contribution is -1.95. The number of H-pyrrole nitrogens is 1. The van der Waals surface area contributed by atoms with Crippen molar-refractivity contribution in [2.24, 2.45) is 0 Å². The molecule has 0 amide bonds. The number of rotatable bonds is 1. The Bertz CT molecular complexity index is 565. The number of benzene rings is 1. The Kier molecular flexibility index (Phi) is 2.22. The lowest BCUT2D eigenvalue weighted by atomic mass is 10.2. The second-order valence-electron chi connectivity index (χ2n) is 2.94. The van der Waals surface area contributed by atoms with Crippen molar-refractivity contribution < 1.29 is 18.7 Å². The van der Waals surface area contributed by atoms with Gasteiger partial charge in [0.15, 0.2) is 11.6 Å². The molecule has 0 spiro atoms.